The van der Waals surface area contributed by atoms with Gasteiger partial charge < -0.3 is 9.47 Å². The Labute approximate surface area is 148 Å². The van der Waals surface area contributed by atoms with Crippen molar-refractivity contribution in [2.24, 2.45) is 0 Å². The Hall–Kier alpha value is -2.64. The first-order valence-corrected chi connectivity index (χ1v) is 8.59. The van der Waals surface area contributed by atoms with Crippen LogP contribution in [0.1, 0.15) is 42.1 Å². The number of nitriles is 1. The number of ether oxygens (including phenoxy) is 2. The lowest BCUT2D eigenvalue weighted by Crippen LogP contribution is -2.13. The normalized spacial score (nSPS) is 18.4. The summed E-state index contributed by atoms with van der Waals surface area (Å²) in [7, 11) is 0. The predicted molar refractivity (Wildman–Crippen MR) is 95.7 cm³/mol. The van der Waals surface area contributed by atoms with Crippen LogP contribution >= 0.6 is 0 Å². The van der Waals surface area contributed by atoms with E-state index in [-0.39, 0.29) is 11.9 Å². The number of hydrogen-bond acceptors (Lipinski definition) is 4. The lowest BCUT2D eigenvalue weighted by molar-refractivity contribution is 0.0393. The predicted octanol–water partition coefficient (Wildman–Crippen LogP) is 4.38. The molecule has 2 aromatic carbocycles. The van der Waals surface area contributed by atoms with E-state index in [9.17, 15) is 4.79 Å². The molecule has 1 aliphatic heterocycles. The number of fused-ring (bicyclic) bond motifs is 1. The van der Waals surface area contributed by atoms with Crippen LogP contribution in [0.4, 0.5) is 0 Å². The third-order valence-corrected chi connectivity index (χ3v) is 4.36. The summed E-state index contributed by atoms with van der Waals surface area (Å²) in [5, 5.41) is 9.08. The SMILES string of the molecule is C[C@@H]1CCCC(=O)c2cc(-c3cccc(C#N)c3)ccc2OCCO1. The second-order valence-electron chi connectivity index (χ2n) is 6.25. The van der Waals surface area contributed by atoms with E-state index in [1.807, 2.05) is 43.3 Å². The highest BCUT2D eigenvalue weighted by Crippen LogP contribution is 2.29. The zero-order valence-electron chi connectivity index (χ0n) is 14.3. The smallest absolute Gasteiger partial charge is 0.166 e. The molecule has 0 saturated carbocycles. The fourth-order valence-corrected chi connectivity index (χ4v) is 2.99. The zero-order chi connectivity index (χ0) is 17.6. The van der Waals surface area contributed by atoms with E-state index in [1.165, 1.54) is 0 Å². The fraction of sp³-hybridized carbons (Fsp3) is 0.333. The number of Topliss-reactive ketones (excluding diaryl/α,β-unsaturated/α-hetero) is 1. The first-order valence-electron chi connectivity index (χ1n) is 8.59. The van der Waals surface area contributed by atoms with Gasteiger partial charge in [0.2, 0.25) is 0 Å². The Balaban J connectivity index is 1.94. The first kappa shape index (κ1) is 17.2. The molecule has 0 spiro atoms. The van der Waals surface area contributed by atoms with E-state index in [0.717, 1.165) is 24.0 Å². The highest BCUT2D eigenvalue weighted by molar-refractivity contribution is 5.99. The number of hydrogen-bond donors (Lipinski definition) is 0. The van der Waals surface area contributed by atoms with E-state index < -0.39 is 0 Å². The van der Waals surface area contributed by atoms with Crippen LogP contribution in [0.3, 0.4) is 0 Å². The summed E-state index contributed by atoms with van der Waals surface area (Å²) in [6.07, 6.45) is 2.28. The maximum atomic E-state index is 12.7. The van der Waals surface area contributed by atoms with Crippen LogP contribution in [0.2, 0.25) is 0 Å². The van der Waals surface area contributed by atoms with Gasteiger partial charge in [-0.25, -0.2) is 0 Å². The van der Waals surface area contributed by atoms with Gasteiger partial charge in [0.1, 0.15) is 12.4 Å². The van der Waals surface area contributed by atoms with Crippen molar-refractivity contribution in [3.8, 4) is 22.9 Å². The highest BCUT2D eigenvalue weighted by atomic mass is 16.5. The zero-order valence-corrected chi connectivity index (χ0v) is 14.3. The molecule has 0 saturated heterocycles. The number of ketones is 1. The highest BCUT2D eigenvalue weighted by Gasteiger charge is 2.16. The van der Waals surface area contributed by atoms with Gasteiger partial charge in [0.05, 0.1) is 29.9 Å². The Morgan fingerprint density at radius 2 is 1.96 bits per heavy atom. The summed E-state index contributed by atoms with van der Waals surface area (Å²) >= 11 is 0. The van der Waals surface area contributed by atoms with E-state index >= 15 is 0 Å². The lowest BCUT2D eigenvalue weighted by atomic mass is 9.97. The molecule has 1 aliphatic rings. The minimum Gasteiger partial charge on any atom is -0.490 e. The van der Waals surface area contributed by atoms with Gasteiger partial charge in [-0.1, -0.05) is 18.2 Å². The number of carbonyl (C=O) groups excluding carboxylic acids is 1. The van der Waals surface area contributed by atoms with Crippen LogP contribution in [0.5, 0.6) is 5.75 Å². The van der Waals surface area contributed by atoms with Crippen LogP contribution in [0.25, 0.3) is 11.1 Å². The Morgan fingerprint density at radius 1 is 1.12 bits per heavy atom. The Bertz CT molecular complexity index is 807. The van der Waals surface area contributed by atoms with Gasteiger partial charge in [-0.2, -0.15) is 5.26 Å². The summed E-state index contributed by atoms with van der Waals surface area (Å²) in [6, 6.07) is 15.2. The minimum atomic E-state index is 0.0855. The molecular formula is C21H21NO3. The molecular weight excluding hydrogens is 314 g/mol. The molecule has 25 heavy (non-hydrogen) atoms. The quantitative estimate of drug-likeness (QED) is 0.776. The van der Waals surface area contributed by atoms with Crippen LogP contribution < -0.4 is 4.74 Å². The summed E-state index contributed by atoms with van der Waals surface area (Å²) in [4.78, 5) is 12.7. The summed E-state index contributed by atoms with van der Waals surface area (Å²) in [5.41, 5.74) is 3.03. The molecule has 128 valence electrons. The van der Waals surface area contributed by atoms with Crippen molar-refractivity contribution in [3.05, 3.63) is 53.6 Å². The molecule has 1 atom stereocenters. The number of nitrogens with zero attached hydrogens (tertiary/aromatic N) is 1. The molecule has 0 bridgehead atoms. The second kappa shape index (κ2) is 7.96. The molecule has 0 N–H and O–H groups in total. The molecule has 3 rings (SSSR count). The van der Waals surface area contributed by atoms with E-state index in [2.05, 4.69) is 6.07 Å². The molecule has 1 heterocycles. The van der Waals surface area contributed by atoms with Crippen molar-refractivity contribution < 1.29 is 14.3 Å². The van der Waals surface area contributed by atoms with Crippen molar-refractivity contribution in [3.63, 3.8) is 0 Å². The summed E-state index contributed by atoms with van der Waals surface area (Å²) in [6.45, 7) is 2.96. The third-order valence-electron chi connectivity index (χ3n) is 4.36. The number of carbonyl (C=O) groups is 1. The van der Waals surface area contributed by atoms with Crippen molar-refractivity contribution >= 4 is 5.78 Å². The van der Waals surface area contributed by atoms with E-state index in [0.29, 0.717) is 36.5 Å². The average molecular weight is 335 g/mol. The molecule has 0 amide bonds. The van der Waals surface area contributed by atoms with Crippen molar-refractivity contribution in [2.75, 3.05) is 13.2 Å². The number of benzene rings is 2. The molecule has 0 unspecified atom stereocenters. The fourth-order valence-electron chi connectivity index (χ4n) is 2.99. The largest absolute Gasteiger partial charge is 0.490 e. The van der Waals surface area contributed by atoms with Crippen molar-refractivity contribution in [2.45, 2.75) is 32.3 Å². The maximum Gasteiger partial charge on any atom is 0.166 e. The van der Waals surface area contributed by atoms with Gasteiger partial charge in [-0.3, -0.25) is 4.79 Å². The van der Waals surface area contributed by atoms with Crippen LogP contribution in [-0.2, 0) is 4.74 Å². The van der Waals surface area contributed by atoms with Crippen molar-refractivity contribution in [1.82, 2.24) is 0 Å². The molecule has 0 fully saturated rings. The standard InChI is InChI=1S/C21H21NO3/c1-15-4-2-7-20(23)19-13-18(8-9-21(19)25-11-10-24-15)17-6-3-5-16(12-17)14-22/h3,5-6,8-9,12-13,15H,2,4,7,10-11H2,1H3/t15-/m1/s1. The van der Waals surface area contributed by atoms with E-state index in [4.69, 9.17) is 14.7 Å². The molecule has 0 radical (unpaired) electrons. The minimum absolute atomic E-state index is 0.0855. The summed E-state index contributed by atoms with van der Waals surface area (Å²) in [5.74, 6) is 0.686. The van der Waals surface area contributed by atoms with Gasteiger partial charge in [0, 0.05) is 6.42 Å². The van der Waals surface area contributed by atoms with Crippen LogP contribution in [0, 0.1) is 11.3 Å². The molecule has 0 aromatic heterocycles. The van der Waals surface area contributed by atoms with Crippen LogP contribution in [0.15, 0.2) is 42.5 Å². The van der Waals surface area contributed by atoms with Gasteiger partial charge in [-0.05, 0) is 55.2 Å². The molecule has 4 heteroatoms. The van der Waals surface area contributed by atoms with Gasteiger partial charge in [0.15, 0.2) is 5.78 Å². The molecule has 0 aliphatic carbocycles. The number of rotatable bonds is 1. The monoisotopic (exact) mass is 335 g/mol. The molecule has 4 nitrogen and oxygen atoms in total. The van der Waals surface area contributed by atoms with Gasteiger partial charge in [0.25, 0.3) is 0 Å². The third kappa shape index (κ3) is 4.26. The van der Waals surface area contributed by atoms with Crippen molar-refractivity contribution in [1.29, 1.82) is 5.26 Å². The Morgan fingerprint density at radius 3 is 2.80 bits per heavy atom. The van der Waals surface area contributed by atoms with Gasteiger partial charge in [-0.15, -0.1) is 0 Å². The Kier molecular flexibility index (Phi) is 5.47. The molecule has 2 aromatic rings. The topological polar surface area (TPSA) is 59.3 Å². The van der Waals surface area contributed by atoms with E-state index in [1.54, 1.807) is 6.07 Å². The van der Waals surface area contributed by atoms with Gasteiger partial charge >= 0.3 is 0 Å². The summed E-state index contributed by atoms with van der Waals surface area (Å²) < 4.78 is 11.5. The second-order valence-corrected chi connectivity index (χ2v) is 6.25. The maximum absolute atomic E-state index is 12.7. The average Bonchev–Trinajstić information content (AvgIpc) is 2.67. The van der Waals surface area contributed by atoms with Crippen LogP contribution in [-0.4, -0.2) is 25.1 Å². The lowest BCUT2D eigenvalue weighted by Gasteiger charge is -2.13. The first-order chi connectivity index (χ1) is 12.2.